The smallest absolute Gasteiger partial charge is 0.418 e. The highest BCUT2D eigenvalue weighted by atomic mass is 19.4. The van der Waals surface area contributed by atoms with Gasteiger partial charge in [-0.3, -0.25) is 9.78 Å². The Morgan fingerprint density at radius 2 is 1.79 bits per heavy atom. The first-order valence-electron chi connectivity index (χ1n) is 12.2. The van der Waals surface area contributed by atoms with E-state index in [1.807, 2.05) is 30.0 Å². The van der Waals surface area contributed by atoms with Gasteiger partial charge in [0.15, 0.2) is 12.2 Å². The van der Waals surface area contributed by atoms with E-state index in [-0.39, 0.29) is 11.2 Å². The van der Waals surface area contributed by atoms with Crippen molar-refractivity contribution in [3.05, 3.63) is 88.8 Å². The van der Waals surface area contributed by atoms with Gasteiger partial charge in [-0.25, -0.2) is 4.98 Å². The van der Waals surface area contributed by atoms with E-state index in [0.717, 1.165) is 47.8 Å². The van der Waals surface area contributed by atoms with E-state index in [9.17, 15) is 18.0 Å². The number of nitrogens with zero attached hydrogens (tertiary/aromatic N) is 5. The van der Waals surface area contributed by atoms with Crippen molar-refractivity contribution in [1.29, 1.82) is 0 Å². The standard InChI is InChI=1S/C28H22F3N5O2/c1-17-11-18(24-15-32-16-38-24)13-19(12-17)25-21-5-4-8-33-26(21)27(37)36(34-25)23-14-20(35-9-2-3-10-35)6-7-22(23)28(29,30)31/h4-8,11-16H,2-3,9-10H2,1H3. The Hall–Kier alpha value is -4.47. The van der Waals surface area contributed by atoms with Crippen LogP contribution in [0.1, 0.15) is 24.0 Å². The zero-order valence-corrected chi connectivity index (χ0v) is 20.4. The van der Waals surface area contributed by atoms with Crippen molar-refractivity contribution in [3.8, 4) is 28.3 Å². The number of anilines is 1. The van der Waals surface area contributed by atoms with Crippen LogP contribution in [0.15, 0.2) is 76.5 Å². The van der Waals surface area contributed by atoms with Gasteiger partial charge < -0.3 is 9.32 Å². The van der Waals surface area contributed by atoms with Gasteiger partial charge in [-0.1, -0.05) is 0 Å². The van der Waals surface area contributed by atoms with Gasteiger partial charge in [-0.2, -0.15) is 23.0 Å². The second-order valence-electron chi connectivity index (χ2n) is 9.31. The zero-order valence-electron chi connectivity index (χ0n) is 20.4. The normalized spacial score (nSPS) is 13.9. The predicted molar refractivity (Wildman–Crippen MR) is 137 cm³/mol. The molecule has 0 unspecified atom stereocenters. The van der Waals surface area contributed by atoms with Crippen LogP contribution in [0.4, 0.5) is 18.9 Å². The van der Waals surface area contributed by atoms with Crippen LogP contribution in [0, 0.1) is 6.92 Å². The SMILES string of the molecule is Cc1cc(-c2cnco2)cc(-c2nn(-c3cc(N4CCCC4)ccc3C(F)(F)F)c(=O)c3ncccc23)c1. The van der Waals surface area contributed by atoms with Crippen LogP contribution in [-0.2, 0) is 6.18 Å². The highest BCUT2D eigenvalue weighted by molar-refractivity contribution is 5.92. The monoisotopic (exact) mass is 517 g/mol. The van der Waals surface area contributed by atoms with Crippen molar-refractivity contribution < 1.29 is 17.6 Å². The van der Waals surface area contributed by atoms with Crippen molar-refractivity contribution in [3.63, 3.8) is 0 Å². The maximum absolute atomic E-state index is 14.2. The van der Waals surface area contributed by atoms with E-state index >= 15 is 0 Å². The summed E-state index contributed by atoms with van der Waals surface area (Å²) in [5.41, 5.74) is 1.18. The first-order valence-corrected chi connectivity index (χ1v) is 12.2. The fourth-order valence-electron chi connectivity index (χ4n) is 4.97. The second kappa shape index (κ2) is 9.13. The summed E-state index contributed by atoms with van der Waals surface area (Å²) in [5, 5.41) is 4.98. The van der Waals surface area contributed by atoms with E-state index in [0.29, 0.717) is 28.1 Å². The predicted octanol–water partition coefficient (Wildman–Crippen LogP) is 6.03. The summed E-state index contributed by atoms with van der Waals surface area (Å²) in [6.45, 7) is 3.37. The number of rotatable bonds is 4. The number of oxazole rings is 1. The van der Waals surface area contributed by atoms with Crippen LogP contribution >= 0.6 is 0 Å². The zero-order chi connectivity index (χ0) is 26.4. The molecule has 0 N–H and O–H groups in total. The average Bonchev–Trinajstić information content (AvgIpc) is 3.63. The number of hydrogen-bond acceptors (Lipinski definition) is 6. The number of alkyl halides is 3. The molecule has 1 aliphatic rings. The van der Waals surface area contributed by atoms with Crippen LogP contribution in [0.3, 0.4) is 0 Å². The van der Waals surface area contributed by atoms with Crippen molar-refractivity contribution in [2.45, 2.75) is 25.9 Å². The number of aryl methyl sites for hydroxylation is 1. The Morgan fingerprint density at radius 3 is 2.53 bits per heavy atom. The van der Waals surface area contributed by atoms with E-state index in [2.05, 4.69) is 15.1 Å². The molecule has 7 nitrogen and oxygen atoms in total. The molecule has 5 aromatic rings. The van der Waals surface area contributed by atoms with E-state index in [1.165, 1.54) is 24.7 Å². The van der Waals surface area contributed by atoms with Gasteiger partial charge in [0.05, 0.1) is 17.4 Å². The Morgan fingerprint density at radius 1 is 1.00 bits per heavy atom. The van der Waals surface area contributed by atoms with E-state index in [1.54, 1.807) is 18.3 Å². The molecule has 38 heavy (non-hydrogen) atoms. The van der Waals surface area contributed by atoms with Gasteiger partial charge in [-0.15, -0.1) is 0 Å². The van der Waals surface area contributed by atoms with Crippen LogP contribution < -0.4 is 10.5 Å². The number of fused-ring (bicyclic) bond motifs is 1. The van der Waals surface area contributed by atoms with Gasteiger partial charge in [0.25, 0.3) is 5.56 Å². The fourth-order valence-corrected chi connectivity index (χ4v) is 4.97. The van der Waals surface area contributed by atoms with Crippen molar-refractivity contribution in [1.82, 2.24) is 19.7 Å². The third-order valence-electron chi connectivity index (χ3n) is 6.71. The minimum Gasteiger partial charge on any atom is -0.444 e. The maximum atomic E-state index is 14.2. The highest BCUT2D eigenvalue weighted by Crippen LogP contribution is 2.37. The number of halogens is 3. The van der Waals surface area contributed by atoms with E-state index in [4.69, 9.17) is 4.42 Å². The molecule has 3 aromatic heterocycles. The van der Waals surface area contributed by atoms with Gasteiger partial charge in [0.1, 0.15) is 11.2 Å². The molecule has 0 atom stereocenters. The van der Waals surface area contributed by atoms with Gasteiger partial charge in [-0.05, 0) is 73.9 Å². The summed E-state index contributed by atoms with van der Waals surface area (Å²) in [6, 6.07) is 12.8. The lowest BCUT2D eigenvalue weighted by Gasteiger charge is -2.21. The summed E-state index contributed by atoms with van der Waals surface area (Å²) in [5.74, 6) is 0.531. The molecule has 1 aliphatic heterocycles. The van der Waals surface area contributed by atoms with Crippen LogP contribution in [0.2, 0.25) is 0 Å². The molecule has 1 fully saturated rings. The first kappa shape index (κ1) is 23.9. The van der Waals surface area contributed by atoms with Crippen LogP contribution in [-0.4, -0.2) is 32.8 Å². The lowest BCUT2D eigenvalue weighted by molar-refractivity contribution is -0.137. The molecule has 0 radical (unpaired) electrons. The summed E-state index contributed by atoms with van der Waals surface area (Å²) in [7, 11) is 0. The molecule has 10 heteroatoms. The molecule has 6 rings (SSSR count). The average molecular weight is 518 g/mol. The second-order valence-corrected chi connectivity index (χ2v) is 9.31. The number of hydrogen-bond donors (Lipinski definition) is 0. The minimum atomic E-state index is -4.69. The molecule has 0 aliphatic carbocycles. The van der Waals surface area contributed by atoms with E-state index < -0.39 is 17.3 Å². The van der Waals surface area contributed by atoms with Crippen molar-refractivity contribution >= 4 is 16.6 Å². The Labute approximate surface area is 215 Å². The minimum absolute atomic E-state index is 0.0277. The third-order valence-corrected chi connectivity index (χ3v) is 6.71. The first-order chi connectivity index (χ1) is 18.3. The molecule has 192 valence electrons. The molecule has 0 saturated carbocycles. The van der Waals surface area contributed by atoms with Crippen molar-refractivity contribution in [2.75, 3.05) is 18.0 Å². The summed E-state index contributed by atoms with van der Waals surface area (Å²) in [4.78, 5) is 23.8. The summed E-state index contributed by atoms with van der Waals surface area (Å²) >= 11 is 0. The van der Waals surface area contributed by atoms with Gasteiger partial charge in [0.2, 0.25) is 0 Å². The number of aromatic nitrogens is 4. The maximum Gasteiger partial charge on any atom is 0.418 e. The van der Waals surface area contributed by atoms with Crippen molar-refractivity contribution in [2.24, 2.45) is 0 Å². The molecule has 0 bridgehead atoms. The highest BCUT2D eigenvalue weighted by Gasteiger charge is 2.35. The lowest BCUT2D eigenvalue weighted by atomic mass is 10.0. The Balaban J connectivity index is 1.63. The summed E-state index contributed by atoms with van der Waals surface area (Å²) in [6.07, 6.45) is 1.56. The molecular formula is C28H22F3N5O2. The van der Waals surface area contributed by atoms with Crippen LogP contribution in [0.25, 0.3) is 39.2 Å². The number of benzene rings is 2. The quantitative estimate of drug-likeness (QED) is 0.290. The summed E-state index contributed by atoms with van der Waals surface area (Å²) < 4.78 is 48.8. The molecule has 0 spiro atoms. The number of pyridine rings is 1. The molecule has 2 aromatic carbocycles. The molecule has 4 heterocycles. The fraction of sp³-hybridized carbons (Fsp3) is 0.214. The van der Waals surface area contributed by atoms with Gasteiger partial charge in [0, 0.05) is 41.5 Å². The molecular weight excluding hydrogens is 495 g/mol. The largest absolute Gasteiger partial charge is 0.444 e. The molecule has 1 saturated heterocycles. The van der Waals surface area contributed by atoms with Gasteiger partial charge >= 0.3 is 6.18 Å². The molecule has 0 amide bonds. The topological polar surface area (TPSA) is 77.0 Å². The third kappa shape index (κ3) is 4.21. The Bertz CT molecular complexity index is 1700. The Kier molecular flexibility index (Phi) is 5.74. The lowest BCUT2D eigenvalue weighted by Crippen LogP contribution is -2.26. The van der Waals surface area contributed by atoms with Crippen LogP contribution in [0.5, 0.6) is 0 Å².